The number of methoxy groups -OCH3 is 3. The van der Waals surface area contributed by atoms with Gasteiger partial charge in [0.05, 0.1) is 26.6 Å². The number of halogens is 1. The molecule has 1 saturated heterocycles. The highest BCUT2D eigenvalue weighted by atomic mass is 127. The van der Waals surface area contributed by atoms with Crippen molar-refractivity contribution in [3.05, 3.63) is 29.8 Å². The maximum Gasteiger partial charge on any atom is 0.341 e. The van der Waals surface area contributed by atoms with E-state index in [0.717, 1.165) is 11.8 Å². The fourth-order valence-corrected chi connectivity index (χ4v) is 5.79. The Morgan fingerprint density at radius 3 is 2.35 bits per heavy atom. The highest BCUT2D eigenvalue weighted by Crippen LogP contribution is 2.48. The number of ether oxygens (including phenoxy) is 4. The van der Waals surface area contributed by atoms with Crippen LogP contribution >= 0.6 is 34.4 Å². The van der Waals surface area contributed by atoms with E-state index in [0.29, 0.717) is 11.3 Å². The standard InChI is InChI=1S/C17H19IO7S/c1-22-12-7-5-4-6-10(12)14(19)25-9-13-11(18)8-17(26-13,15(20)23-2)16(21)24-3/h4-7,11,13H,8-9H2,1-3H3/t11-,13-/m0/s1. The summed E-state index contributed by atoms with van der Waals surface area (Å²) in [7, 11) is 3.93. The summed E-state index contributed by atoms with van der Waals surface area (Å²) >= 11 is 3.26. The van der Waals surface area contributed by atoms with Crippen LogP contribution in [0.25, 0.3) is 0 Å². The topological polar surface area (TPSA) is 88.1 Å². The molecule has 142 valence electrons. The summed E-state index contributed by atoms with van der Waals surface area (Å²) in [6.07, 6.45) is 0.244. The third kappa shape index (κ3) is 4.08. The van der Waals surface area contributed by atoms with E-state index in [1.807, 2.05) is 0 Å². The number of para-hydroxylation sites is 1. The van der Waals surface area contributed by atoms with Gasteiger partial charge < -0.3 is 18.9 Å². The number of esters is 3. The largest absolute Gasteiger partial charge is 0.496 e. The first-order valence-electron chi connectivity index (χ1n) is 7.68. The first-order chi connectivity index (χ1) is 12.4. The van der Waals surface area contributed by atoms with Crippen molar-refractivity contribution in [2.45, 2.75) is 20.3 Å². The van der Waals surface area contributed by atoms with Crippen LogP contribution in [-0.4, -0.2) is 59.8 Å². The third-order valence-electron chi connectivity index (χ3n) is 3.97. The number of rotatable bonds is 6. The molecule has 0 spiro atoms. The van der Waals surface area contributed by atoms with Crippen molar-refractivity contribution >= 4 is 52.3 Å². The molecule has 1 fully saturated rings. The van der Waals surface area contributed by atoms with Crippen LogP contribution in [0.1, 0.15) is 16.8 Å². The van der Waals surface area contributed by atoms with Gasteiger partial charge in [-0.1, -0.05) is 34.7 Å². The molecule has 7 nitrogen and oxygen atoms in total. The van der Waals surface area contributed by atoms with Crippen molar-refractivity contribution in [3.63, 3.8) is 0 Å². The second kappa shape index (κ2) is 8.94. The molecule has 1 aromatic rings. The summed E-state index contributed by atoms with van der Waals surface area (Å²) in [4.78, 5) is 36.7. The predicted octanol–water partition coefficient (Wildman–Crippen LogP) is 2.25. The minimum Gasteiger partial charge on any atom is -0.496 e. The highest BCUT2D eigenvalue weighted by Gasteiger charge is 2.58. The van der Waals surface area contributed by atoms with Gasteiger partial charge in [0, 0.05) is 3.92 Å². The molecule has 0 aromatic heterocycles. The number of thioether (sulfide) groups is 1. The zero-order chi connectivity index (χ0) is 19.3. The molecule has 1 aliphatic heterocycles. The quantitative estimate of drug-likeness (QED) is 0.196. The van der Waals surface area contributed by atoms with E-state index in [2.05, 4.69) is 22.6 Å². The molecule has 0 radical (unpaired) electrons. The van der Waals surface area contributed by atoms with Gasteiger partial charge in [-0.25, -0.2) is 14.4 Å². The third-order valence-corrected chi connectivity index (χ3v) is 7.44. The summed E-state index contributed by atoms with van der Waals surface area (Å²) in [5.74, 6) is -1.43. The van der Waals surface area contributed by atoms with Crippen molar-refractivity contribution in [2.24, 2.45) is 0 Å². The fourth-order valence-electron chi connectivity index (χ4n) is 2.65. The molecule has 0 amide bonds. The van der Waals surface area contributed by atoms with Crippen LogP contribution in [0.15, 0.2) is 24.3 Å². The van der Waals surface area contributed by atoms with Gasteiger partial charge in [0.25, 0.3) is 0 Å². The Morgan fingerprint density at radius 1 is 1.15 bits per heavy atom. The second-order valence-corrected chi connectivity index (χ2v) is 8.62. The molecule has 0 unspecified atom stereocenters. The fraction of sp³-hybridized carbons (Fsp3) is 0.471. The SMILES string of the molecule is COC(=O)C1(C(=O)OC)C[C@H](I)[C@H](COC(=O)c2ccccc2OC)S1. The molecule has 0 aliphatic carbocycles. The van der Waals surface area contributed by atoms with Crippen LogP contribution in [0, 0.1) is 0 Å². The van der Waals surface area contributed by atoms with E-state index in [1.54, 1.807) is 24.3 Å². The van der Waals surface area contributed by atoms with Gasteiger partial charge in [-0.3, -0.25) is 0 Å². The van der Waals surface area contributed by atoms with Crippen molar-refractivity contribution < 1.29 is 33.3 Å². The normalized spacial score (nSPS) is 20.9. The number of carbonyl (C=O) groups excluding carboxylic acids is 3. The minimum atomic E-state index is -1.43. The molecular weight excluding hydrogens is 475 g/mol. The Balaban J connectivity index is 2.09. The maximum atomic E-state index is 12.3. The average Bonchev–Trinajstić information content (AvgIpc) is 3.02. The summed E-state index contributed by atoms with van der Waals surface area (Å²) in [5, 5.41) is -0.257. The first-order valence-corrected chi connectivity index (χ1v) is 9.81. The predicted molar refractivity (Wildman–Crippen MR) is 104 cm³/mol. The smallest absolute Gasteiger partial charge is 0.341 e. The minimum absolute atomic E-state index is 0.0465. The lowest BCUT2D eigenvalue weighted by atomic mass is 10.0. The van der Waals surface area contributed by atoms with E-state index >= 15 is 0 Å². The van der Waals surface area contributed by atoms with Crippen molar-refractivity contribution in [1.82, 2.24) is 0 Å². The van der Waals surface area contributed by atoms with Crippen LogP contribution in [0.3, 0.4) is 0 Å². The summed E-state index contributed by atoms with van der Waals surface area (Å²) in [6, 6.07) is 6.74. The van der Waals surface area contributed by atoms with Gasteiger partial charge in [0.15, 0.2) is 0 Å². The Kier molecular flexibility index (Phi) is 7.16. The summed E-state index contributed by atoms with van der Waals surface area (Å²) < 4.78 is 18.6. The molecule has 1 heterocycles. The average molecular weight is 494 g/mol. The van der Waals surface area contributed by atoms with Gasteiger partial charge in [-0.2, -0.15) is 0 Å². The Bertz CT molecular complexity index is 677. The lowest BCUT2D eigenvalue weighted by Crippen LogP contribution is -2.43. The molecule has 26 heavy (non-hydrogen) atoms. The van der Waals surface area contributed by atoms with Crippen molar-refractivity contribution in [1.29, 1.82) is 0 Å². The van der Waals surface area contributed by atoms with E-state index in [1.165, 1.54) is 21.3 Å². The van der Waals surface area contributed by atoms with Gasteiger partial charge >= 0.3 is 17.9 Å². The number of hydrogen-bond acceptors (Lipinski definition) is 8. The van der Waals surface area contributed by atoms with Gasteiger partial charge in [-0.15, -0.1) is 11.8 Å². The highest BCUT2D eigenvalue weighted by molar-refractivity contribution is 14.1. The van der Waals surface area contributed by atoms with E-state index in [9.17, 15) is 14.4 Å². The number of benzene rings is 1. The summed E-state index contributed by atoms with van der Waals surface area (Å²) in [5.41, 5.74) is 0.315. The lowest BCUT2D eigenvalue weighted by molar-refractivity contribution is -0.155. The Labute approximate surface area is 169 Å². The molecule has 0 N–H and O–H groups in total. The van der Waals surface area contributed by atoms with Gasteiger partial charge in [0.2, 0.25) is 4.75 Å². The van der Waals surface area contributed by atoms with Crippen LogP contribution in [0.5, 0.6) is 5.75 Å². The molecule has 0 saturated carbocycles. The number of hydrogen-bond donors (Lipinski definition) is 0. The molecule has 0 bridgehead atoms. The monoisotopic (exact) mass is 494 g/mol. The van der Waals surface area contributed by atoms with Crippen molar-refractivity contribution in [2.75, 3.05) is 27.9 Å². The molecule has 2 atom stereocenters. The lowest BCUT2D eigenvalue weighted by Gasteiger charge is -2.22. The molecule has 1 aromatic carbocycles. The first kappa shape index (κ1) is 20.8. The molecule has 2 rings (SSSR count). The van der Waals surface area contributed by atoms with Crippen LogP contribution in [0.2, 0.25) is 0 Å². The number of alkyl halides is 1. The van der Waals surface area contributed by atoms with Crippen LogP contribution in [-0.2, 0) is 23.8 Å². The second-order valence-electron chi connectivity index (χ2n) is 5.49. The van der Waals surface area contributed by atoms with Crippen LogP contribution in [0.4, 0.5) is 0 Å². The molecule has 9 heteroatoms. The van der Waals surface area contributed by atoms with Gasteiger partial charge in [-0.05, 0) is 18.6 Å². The summed E-state index contributed by atoms with van der Waals surface area (Å²) in [6.45, 7) is 0.0465. The zero-order valence-electron chi connectivity index (χ0n) is 14.5. The maximum absolute atomic E-state index is 12.3. The number of carbonyl (C=O) groups is 3. The van der Waals surface area contributed by atoms with Gasteiger partial charge in [0.1, 0.15) is 17.9 Å². The Hall–Kier alpha value is -1.49. The molecular formula is C17H19IO7S. The van der Waals surface area contributed by atoms with Crippen molar-refractivity contribution in [3.8, 4) is 5.75 Å². The Morgan fingerprint density at radius 2 is 1.77 bits per heavy atom. The zero-order valence-corrected chi connectivity index (χ0v) is 17.5. The molecule has 1 aliphatic rings. The van der Waals surface area contributed by atoms with E-state index < -0.39 is 22.7 Å². The van der Waals surface area contributed by atoms with E-state index in [4.69, 9.17) is 18.9 Å². The van der Waals surface area contributed by atoms with Crippen LogP contribution < -0.4 is 4.74 Å². The van der Waals surface area contributed by atoms with E-state index in [-0.39, 0.29) is 22.2 Å².